The minimum absolute atomic E-state index is 0.0191. The highest BCUT2D eigenvalue weighted by Gasteiger charge is 2.28. The molecule has 0 aromatic heterocycles. The largest absolute Gasteiger partial charge is 0.487 e. The molecule has 1 fully saturated rings. The Kier molecular flexibility index (Phi) is 3.45. The molecule has 1 saturated carbocycles. The zero-order valence-electron chi connectivity index (χ0n) is 11.4. The van der Waals surface area contributed by atoms with Crippen molar-refractivity contribution < 1.29 is 9.53 Å². The normalized spacial score (nSPS) is 14.2. The third kappa shape index (κ3) is 2.58. The molecule has 18 heavy (non-hydrogen) atoms. The van der Waals surface area contributed by atoms with Crippen molar-refractivity contribution in [1.29, 1.82) is 0 Å². The first kappa shape index (κ1) is 12.7. The Morgan fingerprint density at radius 2 is 1.89 bits per heavy atom. The van der Waals surface area contributed by atoms with Gasteiger partial charge in [-0.1, -0.05) is 6.07 Å². The maximum atomic E-state index is 12.2. The van der Waals surface area contributed by atoms with Crippen LogP contribution in [0.1, 0.15) is 23.2 Å². The van der Waals surface area contributed by atoms with E-state index >= 15 is 0 Å². The van der Waals surface area contributed by atoms with Gasteiger partial charge in [0, 0.05) is 28.2 Å². The number of para-hydroxylation sites is 1. The van der Waals surface area contributed by atoms with Gasteiger partial charge in [0.25, 0.3) is 5.91 Å². The minimum Gasteiger partial charge on any atom is -0.487 e. The number of amides is 1. The van der Waals surface area contributed by atoms with Gasteiger partial charge in [-0.3, -0.25) is 4.79 Å². The van der Waals surface area contributed by atoms with Gasteiger partial charge < -0.3 is 14.5 Å². The fourth-order valence-electron chi connectivity index (χ4n) is 1.76. The van der Waals surface area contributed by atoms with Gasteiger partial charge >= 0.3 is 0 Å². The number of anilines is 1. The van der Waals surface area contributed by atoms with E-state index in [9.17, 15) is 4.79 Å². The Bertz CT molecular complexity index is 451. The topological polar surface area (TPSA) is 32.8 Å². The maximum Gasteiger partial charge on any atom is 0.257 e. The third-order valence-electron chi connectivity index (χ3n) is 2.92. The van der Waals surface area contributed by atoms with Crippen LogP contribution in [0.25, 0.3) is 0 Å². The van der Waals surface area contributed by atoms with Gasteiger partial charge in [0.05, 0.1) is 17.4 Å². The Balaban J connectivity index is 2.42. The number of hydrogen-bond donors (Lipinski definition) is 0. The monoisotopic (exact) mass is 248 g/mol. The van der Waals surface area contributed by atoms with Gasteiger partial charge in [0.15, 0.2) is 5.75 Å². The molecular formula is C14H20N2O2. The Morgan fingerprint density at radius 1 is 1.22 bits per heavy atom. The van der Waals surface area contributed by atoms with Crippen molar-refractivity contribution in [3.63, 3.8) is 0 Å². The molecule has 1 aromatic carbocycles. The predicted molar refractivity (Wildman–Crippen MR) is 72.4 cm³/mol. The van der Waals surface area contributed by atoms with Gasteiger partial charge in [-0.2, -0.15) is 0 Å². The average molecular weight is 248 g/mol. The number of rotatable bonds is 4. The lowest BCUT2D eigenvalue weighted by Crippen LogP contribution is -2.23. The summed E-state index contributed by atoms with van der Waals surface area (Å²) in [6.07, 6.45) is 2.44. The molecule has 1 aliphatic carbocycles. The van der Waals surface area contributed by atoms with Gasteiger partial charge in [0.1, 0.15) is 0 Å². The molecule has 0 atom stereocenters. The van der Waals surface area contributed by atoms with Crippen LogP contribution in [-0.4, -0.2) is 45.1 Å². The van der Waals surface area contributed by atoms with Crippen molar-refractivity contribution in [3.05, 3.63) is 23.8 Å². The summed E-state index contributed by atoms with van der Waals surface area (Å²) in [5, 5.41) is 0. The van der Waals surface area contributed by atoms with Gasteiger partial charge in [0.2, 0.25) is 0 Å². The molecule has 4 heteroatoms. The van der Waals surface area contributed by atoms with E-state index in [0.717, 1.165) is 18.5 Å². The van der Waals surface area contributed by atoms with Crippen LogP contribution in [-0.2, 0) is 0 Å². The number of benzene rings is 1. The first-order valence-electron chi connectivity index (χ1n) is 6.19. The SMILES string of the molecule is CN(C)C(=O)c1cccc(N(C)C)c1OC1CC1. The summed E-state index contributed by atoms with van der Waals surface area (Å²) in [6.45, 7) is 0. The fraction of sp³-hybridized carbons (Fsp3) is 0.500. The molecule has 0 bridgehead atoms. The molecule has 0 heterocycles. The summed E-state index contributed by atoms with van der Waals surface area (Å²) in [5.74, 6) is 0.693. The number of hydrogen-bond acceptors (Lipinski definition) is 3. The lowest BCUT2D eigenvalue weighted by molar-refractivity contribution is 0.0823. The predicted octanol–water partition coefficient (Wildman–Crippen LogP) is 2.00. The molecule has 98 valence electrons. The molecule has 1 aromatic rings. The summed E-state index contributed by atoms with van der Waals surface area (Å²) in [6, 6.07) is 5.70. The quantitative estimate of drug-likeness (QED) is 0.817. The summed E-state index contributed by atoms with van der Waals surface area (Å²) in [7, 11) is 7.43. The van der Waals surface area contributed by atoms with Crippen LogP contribution < -0.4 is 9.64 Å². The van der Waals surface area contributed by atoms with Crippen molar-refractivity contribution in [1.82, 2.24) is 4.90 Å². The highest BCUT2D eigenvalue weighted by atomic mass is 16.5. The third-order valence-corrected chi connectivity index (χ3v) is 2.92. The van der Waals surface area contributed by atoms with Crippen molar-refractivity contribution in [2.45, 2.75) is 18.9 Å². The van der Waals surface area contributed by atoms with E-state index in [1.165, 1.54) is 0 Å². The molecule has 0 unspecified atom stereocenters. The van der Waals surface area contributed by atoms with E-state index in [2.05, 4.69) is 0 Å². The first-order chi connectivity index (χ1) is 8.50. The molecule has 4 nitrogen and oxygen atoms in total. The zero-order chi connectivity index (χ0) is 13.3. The van der Waals surface area contributed by atoms with Crippen LogP contribution in [0.4, 0.5) is 5.69 Å². The van der Waals surface area contributed by atoms with Gasteiger partial charge in [-0.05, 0) is 25.0 Å². The fourth-order valence-corrected chi connectivity index (χ4v) is 1.76. The summed E-state index contributed by atoms with van der Waals surface area (Å²) in [5.41, 5.74) is 1.59. The van der Waals surface area contributed by atoms with Gasteiger partial charge in [-0.15, -0.1) is 0 Å². The van der Waals surface area contributed by atoms with E-state index in [0.29, 0.717) is 11.3 Å². The summed E-state index contributed by atoms with van der Waals surface area (Å²) in [4.78, 5) is 15.7. The zero-order valence-corrected chi connectivity index (χ0v) is 11.4. The molecule has 0 radical (unpaired) electrons. The molecule has 0 spiro atoms. The molecule has 0 saturated heterocycles. The minimum atomic E-state index is -0.0191. The van der Waals surface area contributed by atoms with Crippen LogP contribution in [0.15, 0.2) is 18.2 Å². The number of carbonyl (C=O) groups excluding carboxylic acids is 1. The second kappa shape index (κ2) is 4.88. The van der Waals surface area contributed by atoms with E-state index in [1.807, 2.05) is 37.2 Å². The first-order valence-corrected chi connectivity index (χ1v) is 6.19. The summed E-state index contributed by atoms with van der Waals surface area (Å²) < 4.78 is 5.93. The standard InChI is InChI=1S/C14H20N2O2/c1-15(2)12-7-5-6-11(14(17)16(3)4)13(12)18-10-8-9-10/h5-7,10H,8-9H2,1-4H3. The molecule has 0 aliphatic heterocycles. The van der Waals surface area contributed by atoms with Crippen LogP contribution >= 0.6 is 0 Å². The van der Waals surface area contributed by atoms with E-state index in [4.69, 9.17) is 4.74 Å². The van der Waals surface area contributed by atoms with E-state index in [-0.39, 0.29) is 12.0 Å². The van der Waals surface area contributed by atoms with E-state index in [1.54, 1.807) is 19.0 Å². The van der Waals surface area contributed by atoms with Crippen molar-refractivity contribution in [2.24, 2.45) is 0 Å². The Morgan fingerprint density at radius 3 is 2.39 bits per heavy atom. The molecule has 1 aliphatic rings. The molecule has 2 rings (SSSR count). The Hall–Kier alpha value is -1.71. The van der Waals surface area contributed by atoms with Crippen molar-refractivity contribution in [2.75, 3.05) is 33.1 Å². The molecular weight excluding hydrogens is 228 g/mol. The number of carbonyl (C=O) groups is 1. The summed E-state index contributed by atoms with van der Waals surface area (Å²) >= 11 is 0. The Labute approximate surface area is 108 Å². The number of ether oxygens (including phenoxy) is 1. The molecule has 0 N–H and O–H groups in total. The van der Waals surface area contributed by atoms with Crippen LogP contribution in [0.5, 0.6) is 5.75 Å². The van der Waals surface area contributed by atoms with Crippen LogP contribution in [0.3, 0.4) is 0 Å². The maximum absolute atomic E-state index is 12.2. The number of nitrogens with zero attached hydrogens (tertiary/aromatic N) is 2. The lowest BCUT2D eigenvalue weighted by Gasteiger charge is -2.21. The van der Waals surface area contributed by atoms with Gasteiger partial charge in [-0.25, -0.2) is 0 Å². The lowest BCUT2D eigenvalue weighted by atomic mass is 10.1. The highest BCUT2D eigenvalue weighted by molar-refractivity contribution is 5.98. The molecule has 1 amide bonds. The van der Waals surface area contributed by atoms with Crippen molar-refractivity contribution in [3.8, 4) is 5.75 Å². The average Bonchev–Trinajstić information content (AvgIpc) is 3.11. The highest BCUT2D eigenvalue weighted by Crippen LogP contribution is 2.36. The van der Waals surface area contributed by atoms with Crippen LogP contribution in [0.2, 0.25) is 0 Å². The van der Waals surface area contributed by atoms with Crippen molar-refractivity contribution >= 4 is 11.6 Å². The second-order valence-corrected chi connectivity index (χ2v) is 5.07. The second-order valence-electron chi connectivity index (χ2n) is 5.07. The van der Waals surface area contributed by atoms with E-state index < -0.39 is 0 Å². The van der Waals surface area contributed by atoms with Crippen LogP contribution in [0, 0.1) is 0 Å². The smallest absolute Gasteiger partial charge is 0.257 e.